The number of ketones is 1. The molecule has 2 aromatic rings. The quantitative estimate of drug-likeness (QED) is 0.782. The highest BCUT2D eigenvalue weighted by molar-refractivity contribution is 9.10. The number of carbonyl (C=O) groups is 1. The zero-order valence-electron chi connectivity index (χ0n) is 11.6. The predicted octanol–water partition coefficient (Wildman–Crippen LogP) is 3.73. The third-order valence-electron chi connectivity index (χ3n) is 3.18. The molecule has 0 N–H and O–H groups in total. The number of carbonyl (C=O) groups excluding carboxylic acids is 1. The van der Waals surface area contributed by atoms with Crippen LogP contribution in [0.5, 0.6) is 0 Å². The Bertz CT molecular complexity index is 599. The molecule has 104 valence electrons. The molecule has 1 aromatic carbocycles. The van der Waals surface area contributed by atoms with Crippen LogP contribution < -0.4 is 4.90 Å². The van der Waals surface area contributed by atoms with E-state index in [1.807, 2.05) is 43.4 Å². The number of rotatable bonds is 5. The van der Waals surface area contributed by atoms with E-state index in [1.54, 1.807) is 13.1 Å². The molecule has 0 bridgehead atoms. The van der Waals surface area contributed by atoms with Crippen LogP contribution in [-0.4, -0.2) is 24.4 Å². The van der Waals surface area contributed by atoms with E-state index < -0.39 is 0 Å². The van der Waals surface area contributed by atoms with E-state index in [-0.39, 0.29) is 5.78 Å². The lowest BCUT2D eigenvalue weighted by molar-refractivity contribution is 0.101. The molecule has 1 heterocycles. The third kappa shape index (κ3) is 3.67. The second kappa shape index (κ2) is 6.66. The molecule has 0 aliphatic rings. The predicted molar refractivity (Wildman–Crippen MR) is 85.4 cm³/mol. The van der Waals surface area contributed by atoms with E-state index in [4.69, 9.17) is 0 Å². The summed E-state index contributed by atoms with van der Waals surface area (Å²) in [5.74, 6) is 0.0807. The van der Waals surface area contributed by atoms with E-state index in [0.29, 0.717) is 0 Å². The van der Waals surface area contributed by atoms with Gasteiger partial charge in [0, 0.05) is 47.6 Å². The maximum atomic E-state index is 11.7. The Balaban J connectivity index is 2.14. The van der Waals surface area contributed by atoms with Crippen molar-refractivity contribution in [3.8, 4) is 0 Å². The van der Waals surface area contributed by atoms with Crippen LogP contribution in [0.1, 0.15) is 23.0 Å². The molecule has 0 saturated carbocycles. The van der Waals surface area contributed by atoms with Crippen LogP contribution >= 0.6 is 15.9 Å². The van der Waals surface area contributed by atoms with Crippen molar-refractivity contribution in [3.05, 3.63) is 58.3 Å². The average Bonchev–Trinajstić information content (AvgIpc) is 2.45. The molecule has 0 radical (unpaired) electrons. The summed E-state index contributed by atoms with van der Waals surface area (Å²) in [6.07, 6.45) is 2.65. The Morgan fingerprint density at radius 2 is 2.10 bits per heavy atom. The Morgan fingerprint density at radius 1 is 1.30 bits per heavy atom. The largest absolute Gasteiger partial charge is 0.374 e. The van der Waals surface area contributed by atoms with E-state index in [2.05, 4.69) is 25.8 Å². The molecule has 4 heteroatoms. The summed E-state index contributed by atoms with van der Waals surface area (Å²) in [6.45, 7) is 2.41. The summed E-state index contributed by atoms with van der Waals surface area (Å²) in [6, 6.07) is 11.7. The second-order valence-corrected chi connectivity index (χ2v) is 5.63. The molecule has 0 atom stereocenters. The van der Waals surface area contributed by atoms with Gasteiger partial charge in [-0.2, -0.15) is 0 Å². The van der Waals surface area contributed by atoms with Gasteiger partial charge in [0.05, 0.1) is 0 Å². The van der Waals surface area contributed by atoms with Crippen LogP contribution in [0, 0.1) is 0 Å². The van der Waals surface area contributed by atoms with Crippen molar-refractivity contribution in [2.24, 2.45) is 0 Å². The zero-order chi connectivity index (χ0) is 14.5. The molecule has 0 aliphatic carbocycles. The number of nitrogens with zero attached hydrogens (tertiary/aromatic N) is 2. The first-order valence-corrected chi connectivity index (χ1v) is 7.29. The lowest BCUT2D eigenvalue weighted by atomic mass is 10.1. The van der Waals surface area contributed by atoms with Gasteiger partial charge in [-0.1, -0.05) is 22.0 Å². The summed E-state index contributed by atoms with van der Waals surface area (Å²) in [5, 5.41) is 0. The van der Waals surface area contributed by atoms with Crippen LogP contribution in [0.25, 0.3) is 0 Å². The van der Waals surface area contributed by atoms with Gasteiger partial charge in [-0.25, -0.2) is 0 Å². The van der Waals surface area contributed by atoms with Crippen molar-refractivity contribution in [2.75, 3.05) is 18.5 Å². The summed E-state index contributed by atoms with van der Waals surface area (Å²) < 4.78 is 0.974. The van der Waals surface area contributed by atoms with Crippen molar-refractivity contribution in [1.29, 1.82) is 0 Å². The first-order chi connectivity index (χ1) is 9.58. The van der Waals surface area contributed by atoms with Gasteiger partial charge in [0.1, 0.15) is 0 Å². The number of hydrogen-bond donors (Lipinski definition) is 0. The second-order valence-electron chi connectivity index (χ2n) is 4.71. The molecule has 3 nitrogen and oxygen atoms in total. The van der Waals surface area contributed by atoms with Gasteiger partial charge in [0.15, 0.2) is 5.78 Å². The summed E-state index contributed by atoms with van der Waals surface area (Å²) >= 11 is 3.46. The number of pyridine rings is 1. The number of likely N-dealkylation sites (N-methyl/N-ethyl adjacent to an activating group) is 1. The SMILES string of the molecule is CC(=O)c1ccc(Br)cc1N(C)CCc1ccccn1. The van der Waals surface area contributed by atoms with Gasteiger partial charge in [0.25, 0.3) is 0 Å². The lowest BCUT2D eigenvalue weighted by Crippen LogP contribution is -2.22. The van der Waals surface area contributed by atoms with Crippen molar-refractivity contribution >= 4 is 27.4 Å². The minimum atomic E-state index is 0.0807. The topological polar surface area (TPSA) is 33.2 Å². The normalized spacial score (nSPS) is 10.3. The number of benzene rings is 1. The molecule has 0 aliphatic heterocycles. The highest BCUT2D eigenvalue weighted by atomic mass is 79.9. The summed E-state index contributed by atoms with van der Waals surface area (Å²) in [5.41, 5.74) is 2.75. The molecule has 2 rings (SSSR count). The molecular formula is C16H17BrN2O. The molecule has 0 amide bonds. The highest BCUT2D eigenvalue weighted by Crippen LogP contribution is 2.25. The monoisotopic (exact) mass is 332 g/mol. The zero-order valence-corrected chi connectivity index (χ0v) is 13.2. The van der Waals surface area contributed by atoms with Crippen LogP contribution in [0.4, 0.5) is 5.69 Å². The molecule has 0 unspecified atom stereocenters. The number of Topliss-reactive ketones (excluding diaryl/α,β-unsaturated/α-hetero) is 1. The first-order valence-electron chi connectivity index (χ1n) is 6.49. The van der Waals surface area contributed by atoms with Crippen LogP contribution in [0.15, 0.2) is 47.1 Å². The standard InChI is InChI=1S/C16H17BrN2O/c1-12(20)15-7-6-13(17)11-16(15)19(2)10-8-14-5-3-4-9-18-14/h3-7,9,11H,8,10H2,1-2H3. The number of halogens is 1. The van der Waals surface area contributed by atoms with Gasteiger partial charge >= 0.3 is 0 Å². The van der Waals surface area contributed by atoms with Crippen LogP contribution in [0.2, 0.25) is 0 Å². The number of anilines is 1. The number of hydrogen-bond acceptors (Lipinski definition) is 3. The van der Waals surface area contributed by atoms with Crippen molar-refractivity contribution < 1.29 is 4.79 Å². The summed E-state index contributed by atoms with van der Waals surface area (Å²) in [7, 11) is 2.00. The Kier molecular flexibility index (Phi) is 4.90. The van der Waals surface area contributed by atoms with Crippen molar-refractivity contribution in [3.63, 3.8) is 0 Å². The van der Waals surface area contributed by atoms with Gasteiger partial charge in [-0.3, -0.25) is 9.78 Å². The molecule has 1 aromatic heterocycles. The van der Waals surface area contributed by atoms with Crippen molar-refractivity contribution in [1.82, 2.24) is 4.98 Å². The van der Waals surface area contributed by atoms with Gasteiger partial charge in [-0.05, 0) is 37.3 Å². The van der Waals surface area contributed by atoms with Crippen LogP contribution in [-0.2, 0) is 6.42 Å². The Labute approximate surface area is 127 Å². The Hall–Kier alpha value is -1.68. The van der Waals surface area contributed by atoms with E-state index in [0.717, 1.165) is 34.4 Å². The molecule has 0 spiro atoms. The van der Waals surface area contributed by atoms with Gasteiger partial charge < -0.3 is 4.90 Å². The van der Waals surface area contributed by atoms with E-state index in [1.165, 1.54) is 0 Å². The van der Waals surface area contributed by atoms with E-state index >= 15 is 0 Å². The minimum Gasteiger partial charge on any atom is -0.374 e. The van der Waals surface area contributed by atoms with Gasteiger partial charge in [-0.15, -0.1) is 0 Å². The fraction of sp³-hybridized carbons (Fsp3) is 0.250. The molecule has 0 fully saturated rings. The van der Waals surface area contributed by atoms with Crippen molar-refractivity contribution in [2.45, 2.75) is 13.3 Å². The number of aromatic nitrogens is 1. The molecule has 20 heavy (non-hydrogen) atoms. The summed E-state index contributed by atoms with van der Waals surface area (Å²) in [4.78, 5) is 18.1. The maximum absolute atomic E-state index is 11.7. The molecule has 0 saturated heterocycles. The van der Waals surface area contributed by atoms with Crippen LogP contribution in [0.3, 0.4) is 0 Å². The van der Waals surface area contributed by atoms with Gasteiger partial charge in [0.2, 0.25) is 0 Å². The fourth-order valence-electron chi connectivity index (χ4n) is 2.07. The third-order valence-corrected chi connectivity index (χ3v) is 3.67. The fourth-order valence-corrected chi connectivity index (χ4v) is 2.42. The first kappa shape index (κ1) is 14.7. The average molecular weight is 333 g/mol. The Morgan fingerprint density at radius 3 is 2.75 bits per heavy atom. The van der Waals surface area contributed by atoms with E-state index in [9.17, 15) is 4.79 Å². The maximum Gasteiger partial charge on any atom is 0.161 e. The highest BCUT2D eigenvalue weighted by Gasteiger charge is 2.11. The lowest BCUT2D eigenvalue weighted by Gasteiger charge is -2.22. The molecular weight excluding hydrogens is 316 g/mol. The minimum absolute atomic E-state index is 0.0807. The smallest absolute Gasteiger partial charge is 0.161 e.